The molecule has 1 aromatic heterocycles. The highest BCUT2D eigenvalue weighted by Crippen LogP contribution is 2.41. The number of esters is 1. The first-order valence-electron chi connectivity index (χ1n) is 14.9. The minimum atomic E-state index is -2.07. The van der Waals surface area contributed by atoms with Gasteiger partial charge in [0, 0.05) is 35.6 Å². The smallest absolute Gasteiger partial charge is 0.407 e. The molecule has 1 heterocycles. The molecule has 0 spiro atoms. The maximum Gasteiger partial charge on any atom is 0.407 e. The SMILES string of the molecule is COC(=O)c1ccnc(-c2cccc(NCCNC(=O)OC(C)(C)CC[C@@H](O[Si](C)(C)C(C)(C)C)c3cccc(Cl)c3)c2)c1. The van der Waals surface area contributed by atoms with E-state index in [9.17, 15) is 9.59 Å². The van der Waals surface area contributed by atoms with Gasteiger partial charge in [0.25, 0.3) is 0 Å². The molecule has 0 unspecified atom stereocenters. The largest absolute Gasteiger partial charge is 0.465 e. The summed E-state index contributed by atoms with van der Waals surface area (Å²) in [7, 11) is -0.721. The molecular formula is C34H46ClN3O5Si. The molecule has 0 bridgehead atoms. The van der Waals surface area contributed by atoms with Crippen LogP contribution in [0.4, 0.5) is 10.5 Å². The molecule has 0 radical (unpaired) electrons. The highest BCUT2D eigenvalue weighted by Gasteiger charge is 2.40. The van der Waals surface area contributed by atoms with Crippen molar-refractivity contribution in [3.05, 3.63) is 83.0 Å². The summed E-state index contributed by atoms with van der Waals surface area (Å²) in [5.41, 5.74) is 3.13. The number of anilines is 1. The summed E-state index contributed by atoms with van der Waals surface area (Å²) in [4.78, 5) is 28.9. The van der Waals surface area contributed by atoms with Crippen molar-refractivity contribution >= 4 is 37.7 Å². The summed E-state index contributed by atoms with van der Waals surface area (Å²) in [6, 6.07) is 18.8. The van der Waals surface area contributed by atoms with Crippen LogP contribution in [0, 0.1) is 0 Å². The topological polar surface area (TPSA) is 98.8 Å². The lowest BCUT2D eigenvalue weighted by Crippen LogP contribution is -2.42. The van der Waals surface area contributed by atoms with E-state index in [1.54, 1.807) is 18.3 Å². The van der Waals surface area contributed by atoms with Crippen LogP contribution in [0.1, 0.15) is 69.5 Å². The van der Waals surface area contributed by atoms with E-state index < -0.39 is 26.0 Å². The summed E-state index contributed by atoms with van der Waals surface area (Å²) < 4.78 is 17.4. The number of nitrogens with one attached hydrogen (secondary N) is 2. The van der Waals surface area contributed by atoms with Crippen molar-refractivity contribution in [2.45, 2.75) is 77.3 Å². The molecule has 10 heteroatoms. The van der Waals surface area contributed by atoms with Gasteiger partial charge in [0.15, 0.2) is 8.32 Å². The van der Waals surface area contributed by atoms with Crippen LogP contribution in [0.2, 0.25) is 23.2 Å². The maximum absolute atomic E-state index is 12.7. The second-order valence-electron chi connectivity index (χ2n) is 13.0. The third-order valence-electron chi connectivity index (χ3n) is 7.90. The van der Waals surface area contributed by atoms with E-state index in [2.05, 4.69) is 49.5 Å². The maximum atomic E-state index is 12.7. The Morgan fingerprint density at radius 3 is 2.39 bits per heavy atom. The van der Waals surface area contributed by atoms with Gasteiger partial charge in [0.2, 0.25) is 0 Å². The molecule has 1 atom stereocenters. The molecule has 2 aromatic carbocycles. The summed E-state index contributed by atoms with van der Waals surface area (Å²) in [6.07, 6.45) is 2.25. The molecule has 238 valence electrons. The molecule has 0 aliphatic heterocycles. The first-order chi connectivity index (χ1) is 20.6. The Bertz CT molecular complexity index is 1420. The molecule has 0 saturated carbocycles. The van der Waals surface area contributed by atoms with Gasteiger partial charge in [0.05, 0.1) is 24.5 Å². The van der Waals surface area contributed by atoms with Crippen LogP contribution in [0.15, 0.2) is 66.9 Å². The molecule has 0 saturated heterocycles. The Hall–Kier alpha value is -3.40. The highest BCUT2D eigenvalue weighted by atomic mass is 35.5. The second-order valence-corrected chi connectivity index (χ2v) is 18.2. The number of ether oxygens (including phenoxy) is 2. The fraction of sp³-hybridized carbons (Fsp3) is 0.441. The van der Waals surface area contributed by atoms with Crippen LogP contribution in [0.3, 0.4) is 0 Å². The molecule has 3 rings (SSSR count). The normalized spacial score (nSPS) is 12.8. The van der Waals surface area contributed by atoms with Crippen molar-refractivity contribution < 1.29 is 23.5 Å². The van der Waals surface area contributed by atoms with Crippen LogP contribution < -0.4 is 10.6 Å². The number of pyridine rings is 1. The monoisotopic (exact) mass is 639 g/mol. The van der Waals surface area contributed by atoms with Crippen molar-refractivity contribution in [2.24, 2.45) is 0 Å². The van der Waals surface area contributed by atoms with E-state index in [1.807, 2.05) is 62.4 Å². The summed E-state index contributed by atoms with van der Waals surface area (Å²) in [5, 5.41) is 6.87. The molecule has 0 aliphatic carbocycles. The van der Waals surface area contributed by atoms with Crippen molar-refractivity contribution in [1.82, 2.24) is 10.3 Å². The van der Waals surface area contributed by atoms with Crippen LogP contribution in [-0.4, -0.2) is 51.2 Å². The number of nitrogens with zero attached hydrogens (tertiary/aromatic N) is 1. The quantitative estimate of drug-likeness (QED) is 0.110. The van der Waals surface area contributed by atoms with Gasteiger partial charge in [-0.1, -0.05) is 56.6 Å². The minimum Gasteiger partial charge on any atom is -0.465 e. The van der Waals surface area contributed by atoms with E-state index in [0.29, 0.717) is 42.2 Å². The first kappa shape index (κ1) is 35.1. The third kappa shape index (κ3) is 10.4. The molecule has 0 aliphatic rings. The molecule has 8 nitrogen and oxygen atoms in total. The molecular weight excluding hydrogens is 594 g/mol. The highest BCUT2D eigenvalue weighted by molar-refractivity contribution is 6.74. The van der Waals surface area contributed by atoms with E-state index in [1.165, 1.54) is 7.11 Å². The summed E-state index contributed by atoms with van der Waals surface area (Å²) in [5.74, 6) is -0.413. The Balaban J connectivity index is 1.52. The standard InChI is InChI=1S/C34H46ClN3O5Si/c1-33(2,3)44(7,8)43-30(25-12-9-13-27(35)21-25)15-17-34(4,5)42-32(40)38-20-19-36-28-14-10-11-24(22-28)29-23-26(16-18-37-29)31(39)41-6/h9-14,16,18,21-23,30,36H,15,17,19-20H2,1-8H3,(H,38,40)/t30-/m1/s1. The van der Waals surface area contributed by atoms with Gasteiger partial charge in [-0.3, -0.25) is 4.98 Å². The van der Waals surface area contributed by atoms with Crippen molar-refractivity contribution in [1.29, 1.82) is 0 Å². The van der Waals surface area contributed by atoms with E-state index in [-0.39, 0.29) is 11.1 Å². The minimum absolute atomic E-state index is 0.0531. The number of amides is 1. The molecule has 0 fully saturated rings. The fourth-order valence-electron chi connectivity index (χ4n) is 4.34. The predicted octanol–water partition coefficient (Wildman–Crippen LogP) is 8.65. The van der Waals surface area contributed by atoms with E-state index in [0.717, 1.165) is 16.8 Å². The number of carbonyl (C=O) groups is 2. The van der Waals surface area contributed by atoms with E-state index >= 15 is 0 Å². The van der Waals surface area contributed by atoms with Crippen LogP contribution in [0.5, 0.6) is 0 Å². The Morgan fingerprint density at radius 1 is 0.977 bits per heavy atom. The summed E-state index contributed by atoms with van der Waals surface area (Å²) in [6.45, 7) is 15.8. The zero-order valence-corrected chi connectivity index (χ0v) is 28.9. The number of benzene rings is 2. The lowest BCUT2D eigenvalue weighted by molar-refractivity contribution is 0.0216. The number of halogens is 1. The number of carbonyl (C=O) groups excluding carboxylic acids is 2. The van der Waals surface area contributed by atoms with Crippen molar-refractivity contribution in [3.8, 4) is 11.3 Å². The number of hydrogen-bond donors (Lipinski definition) is 2. The van der Waals surface area contributed by atoms with Crippen LogP contribution in [-0.2, 0) is 13.9 Å². The molecule has 3 aromatic rings. The van der Waals surface area contributed by atoms with Crippen LogP contribution >= 0.6 is 11.6 Å². The number of methoxy groups -OCH3 is 1. The zero-order chi connectivity index (χ0) is 32.5. The molecule has 44 heavy (non-hydrogen) atoms. The Morgan fingerprint density at radius 2 is 1.70 bits per heavy atom. The van der Waals surface area contributed by atoms with Gasteiger partial charge in [-0.2, -0.15) is 0 Å². The third-order valence-corrected chi connectivity index (χ3v) is 12.6. The lowest BCUT2D eigenvalue weighted by Gasteiger charge is -2.40. The van der Waals surface area contributed by atoms with Crippen molar-refractivity contribution in [2.75, 3.05) is 25.5 Å². The van der Waals surface area contributed by atoms with Crippen LogP contribution in [0.25, 0.3) is 11.3 Å². The van der Waals surface area contributed by atoms with E-state index in [4.69, 9.17) is 25.5 Å². The van der Waals surface area contributed by atoms with Crippen molar-refractivity contribution in [3.63, 3.8) is 0 Å². The Labute approximate surface area is 268 Å². The van der Waals surface area contributed by atoms with Gasteiger partial charge in [0.1, 0.15) is 5.60 Å². The number of rotatable bonds is 13. The Kier molecular flexibility index (Phi) is 12.0. The average molecular weight is 640 g/mol. The second kappa shape index (κ2) is 15.1. The van der Waals surface area contributed by atoms with Gasteiger partial charge >= 0.3 is 12.1 Å². The number of hydrogen-bond acceptors (Lipinski definition) is 7. The summed E-state index contributed by atoms with van der Waals surface area (Å²) >= 11 is 6.32. The number of alkyl carbamates (subject to hydrolysis) is 1. The lowest BCUT2D eigenvalue weighted by atomic mass is 9.96. The molecule has 2 N–H and O–H groups in total. The van der Waals surface area contributed by atoms with Gasteiger partial charge in [-0.05, 0) is 86.8 Å². The first-order valence-corrected chi connectivity index (χ1v) is 18.2. The zero-order valence-electron chi connectivity index (χ0n) is 27.1. The fourth-order valence-corrected chi connectivity index (χ4v) is 5.86. The average Bonchev–Trinajstić information content (AvgIpc) is 2.96. The predicted molar refractivity (Wildman–Crippen MR) is 180 cm³/mol. The number of aromatic nitrogens is 1. The van der Waals surface area contributed by atoms with Gasteiger partial charge in [-0.25, -0.2) is 9.59 Å². The molecule has 1 amide bonds. The van der Waals surface area contributed by atoms with Gasteiger partial charge < -0.3 is 24.5 Å². The van der Waals surface area contributed by atoms with Gasteiger partial charge in [-0.15, -0.1) is 0 Å².